The number of rotatable bonds is 2. The van der Waals surface area contributed by atoms with Crippen LogP contribution in [0, 0.1) is 0 Å². The number of sulfone groups is 1. The number of hydrogen-bond donors (Lipinski definition) is 1. The van der Waals surface area contributed by atoms with Gasteiger partial charge in [0.05, 0.1) is 23.2 Å². The molecule has 0 aromatic carbocycles. The first-order valence-corrected chi connectivity index (χ1v) is 8.02. The molecule has 3 rings (SSSR count). The normalized spacial score (nSPS) is 24.9. The highest BCUT2D eigenvalue weighted by atomic mass is 32.2. The molecule has 1 aliphatic rings. The second-order valence-corrected chi connectivity index (χ2v) is 7.49. The molecule has 3 heterocycles. The zero-order valence-corrected chi connectivity index (χ0v) is 11.7. The summed E-state index contributed by atoms with van der Waals surface area (Å²) in [6, 6.07) is 1.71. The van der Waals surface area contributed by atoms with E-state index in [0.717, 1.165) is 0 Å². The lowest BCUT2D eigenvalue weighted by atomic mass is 10.0. The van der Waals surface area contributed by atoms with Gasteiger partial charge in [0.2, 0.25) is 0 Å². The Kier molecular flexibility index (Phi) is 2.79. The van der Waals surface area contributed by atoms with E-state index in [9.17, 15) is 13.2 Å². The molecule has 8 heteroatoms. The van der Waals surface area contributed by atoms with Crippen molar-refractivity contribution in [3.8, 4) is 0 Å². The van der Waals surface area contributed by atoms with Gasteiger partial charge in [-0.2, -0.15) is 5.10 Å². The summed E-state index contributed by atoms with van der Waals surface area (Å²) in [4.78, 5) is 16.4. The topological polar surface area (TPSA) is 93.4 Å². The van der Waals surface area contributed by atoms with E-state index < -0.39 is 15.4 Å². The minimum atomic E-state index is -3.06. The molecule has 0 spiro atoms. The number of nitrogens with one attached hydrogen (secondary N) is 1. The molecule has 1 N–H and O–H groups in total. The molecule has 20 heavy (non-hydrogen) atoms. The predicted molar refractivity (Wildman–Crippen MR) is 72.1 cm³/mol. The third-order valence-corrected chi connectivity index (χ3v) is 5.35. The van der Waals surface area contributed by atoms with Crippen molar-refractivity contribution in [1.82, 2.24) is 19.9 Å². The van der Waals surface area contributed by atoms with Crippen molar-refractivity contribution in [3.63, 3.8) is 0 Å². The SMILES string of the molecule is CC1(NC(=O)c2cnn3cccnc23)CCS(=O)(=O)C1. The van der Waals surface area contributed by atoms with Gasteiger partial charge in [0, 0.05) is 12.4 Å². The first-order valence-electron chi connectivity index (χ1n) is 6.20. The minimum absolute atomic E-state index is 0.0294. The van der Waals surface area contributed by atoms with E-state index in [1.54, 1.807) is 25.4 Å². The highest BCUT2D eigenvalue weighted by molar-refractivity contribution is 7.91. The van der Waals surface area contributed by atoms with Crippen LogP contribution >= 0.6 is 0 Å². The van der Waals surface area contributed by atoms with Gasteiger partial charge in [-0.25, -0.2) is 17.9 Å². The summed E-state index contributed by atoms with van der Waals surface area (Å²) in [6.07, 6.45) is 5.13. The van der Waals surface area contributed by atoms with Crippen LogP contribution in [-0.2, 0) is 9.84 Å². The fraction of sp³-hybridized carbons (Fsp3) is 0.417. The molecule has 1 amide bonds. The first-order chi connectivity index (χ1) is 9.39. The van der Waals surface area contributed by atoms with Crippen LogP contribution in [0.4, 0.5) is 0 Å². The molecule has 1 aliphatic heterocycles. The van der Waals surface area contributed by atoms with Gasteiger partial charge in [0.1, 0.15) is 5.56 Å². The van der Waals surface area contributed by atoms with Crippen molar-refractivity contribution in [2.45, 2.75) is 18.9 Å². The minimum Gasteiger partial charge on any atom is -0.346 e. The van der Waals surface area contributed by atoms with Crippen molar-refractivity contribution in [2.75, 3.05) is 11.5 Å². The summed E-state index contributed by atoms with van der Waals surface area (Å²) in [5.74, 6) is -0.270. The van der Waals surface area contributed by atoms with Gasteiger partial charge in [-0.15, -0.1) is 0 Å². The molecule has 0 aliphatic carbocycles. The summed E-state index contributed by atoms with van der Waals surface area (Å²) in [5.41, 5.74) is 0.0736. The van der Waals surface area contributed by atoms with E-state index in [-0.39, 0.29) is 17.4 Å². The van der Waals surface area contributed by atoms with Crippen LogP contribution in [0.5, 0.6) is 0 Å². The fourth-order valence-corrected chi connectivity index (χ4v) is 4.53. The largest absolute Gasteiger partial charge is 0.346 e. The van der Waals surface area contributed by atoms with Crippen LogP contribution in [0.25, 0.3) is 5.65 Å². The molecule has 106 valence electrons. The zero-order chi connectivity index (χ0) is 14.4. The number of aromatic nitrogens is 3. The molecule has 0 radical (unpaired) electrons. The summed E-state index contributed by atoms with van der Waals surface area (Å²) < 4.78 is 24.6. The Labute approximate surface area is 115 Å². The van der Waals surface area contributed by atoms with Gasteiger partial charge in [0.25, 0.3) is 5.91 Å². The summed E-state index contributed by atoms with van der Waals surface area (Å²) in [6.45, 7) is 1.74. The van der Waals surface area contributed by atoms with Crippen LogP contribution in [0.15, 0.2) is 24.7 Å². The Morgan fingerprint density at radius 2 is 2.30 bits per heavy atom. The first kappa shape index (κ1) is 13.0. The van der Waals surface area contributed by atoms with Crippen molar-refractivity contribution >= 4 is 21.4 Å². The maximum absolute atomic E-state index is 12.3. The van der Waals surface area contributed by atoms with E-state index in [1.807, 2.05) is 0 Å². The number of amides is 1. The number of nitrogens with zero attached hydrogens (tertiary/aromatic N) is 3. The maximum atomic E-state index is 12.3. The van der Waals surface area contributed by atoms with Crippen molar-refractivity contribution in [1.29, 1.82) is 0 Å². The molecule has 1 unspecified atom stereocenters. The smallest absolute Gasteiger partial charge is 0.257 e. The Morgan fingerprint density at radius 3 is 3.00 bits per heavy atom. The Hall–Kier alpha value is -1.96. The van der Waals surface area contributed by atoms with Crippen LogP contribution in [0.1, 0.15) is 23.7 Å². The maximum Gasteiger partial charge on any atom is 0.257 e. The van der Waals surface area contributed by atoms with Crippen molar-refractivity contribution in [3.05, 3.63) is 30.2 Å². The molecular weight excluding hydrogens is 280 g/mol. The van der Waals surface area contributed by atoms with Gasteiger partial charge in [-0.05, 0) is 19.4 Å². The van der Waals surface area contributed by atoms with Gasteiger partial charge in [-0.1, -0.05) is 0 Å². The van der Waals surface area contributed by atoms with Crippen LogP contribution in [-0.4, -0.2) is 46.0 Å². The Morgan fingerprint density at radius 1 is 1.50 bits per heavy atom. The van der Waals surface area contributed by atoms with Crippen LogP contribution < -0.4 is 5.32 Å². The number of fused-ring (bicyclic) bond motifs is 1. The summed E-state index contributed by atoms with van der Waals surface area (Å²) in [7, 11) is -3.06. The van der Waals surface area contributed by atoms with E-state index in [4.69, 9.17) is 0 Å². The lowest BCUT2D eigenvalue weighted by Crippen LogP contribution is -2.46. The van der Waals surface area contributed by atoms with Crippen LogP contribution in [0.3, 0.4) is 0 Å². The van der Waals surface area contributed by atoms with Crippen LogP contribution in [0.2, 0.25) is 0 Å². The van der Waals surface area contributed by atoms with Crippen molar-refractivity contribution in [2.24, 2.45) is 0 Å². The quantitative estimate of drug-likeness (QED) is 0.844. The molecule has 0 bridgehead atoms. The van der Waals surface area contributed by atoms with Gasteiger partial charge in [-0.3, -0.25) is 4.79 Å². The number of carbonyl (C=O) groups excluding carboxylic acids is 1. The monoisotopic (exact) mass is 294 g/mol. The zero-order valence-electron chi connectivity index (χ0n) is 10.9. The van der Waals surface area contributed by atoms with E-state index in [1.165, 1.54) is 10.7 Å². The third kappa shape index (κ3) is 2.26. The predicted octanol–water partition coefficient (Wildman–Crippen LogP) is 0.0363. The average molecular weight is 294 g/mol. The highest BCUT2D eigenvalue weighted by Crippen LogP contribution is 2.23. The Balaban J connectivity index is 1.87. The van der Waals surface area contributed by atoms with E-state index >= 15 is 0 Å². The van der Waals surface area contributed by atoms with Gasteiger partial charge >= 0.3 is 0 Å². The van der Waals surface area contributed by atoms with Gasteiger partial charge < -0.3 is 5.32 Å². The second-order valence-electron chi connectivity index (χ2n) is 5.30. The highest BCUT2D eigenvalue weighted by Gasteiger charge is 2.39. The molecule has 1 fully saturated rings. The molecule has 7 nitrogen and oxygen atoms in total. The standard InChI is InChI=1S/C12H14N4O3S/c1-12(3-6-20(18,19)8-12)15-11(17)9-7-14-16-5-2-4-13-10(9)16/h2,4-5,7H,3,6,8H2,1H3,(H,15,17). The summed E-state index contributed by atoms with van der Waals surface area (Å²) in [5, 5.41) is 6.83. The molecule has 1 atom stereocenters. The number of hydrogen-bond acceptors (Lipinski definition) is 5. The molecule has 2 aromatic heterocycles. The molecule has 0 saturated carbocycles. The molecular formula is C12H14N4O3S. The lowest BCUT2D eigenvalue weighted by Gasteiger charge is -2.23. The number of carbonyl (C=O) groups is 1. The Bertz CT molecular complexity index is 783. The van der Waals surface area contributed by atoms with Gasteiger partial charge in [0.15, 0.2) is 15.5 Å². The lowest BCUT2D eigenvalue weighted by molar-refractivity contribution is 0.0917. The third-order valence-electron chi connectivity index (χ3n) is 3.44. The average Bonchev–Trinajstić information content (AvgIpc) is 2.90. The van der Waals surface area contributed by atoms with Crippen molar-refractivity contribution < 1.29 is 13.2 Å². The second kappa shape index (κ2) is 4.27. The van der Waals surface area contributed by atoms with E-state index in [0.29, 0.717) is 17.6 Å². The fourth-order valence-electron chi connectivity index (χ4n) is 2.44. The summed E-state index contributed by atoms with van der Waals surface area (Å²) >= 11 is 0. The molecule has 2 aromatic rings. The molecule has 1 saturated heterocycles. The van der Waals surface area contributed by atoms with E-state index in [2.05, 4.69) is 15.4 Å².